The largest absolute Gasteiger partial charge is 0.486 e. The van der Waals surface area contributed by atoms with E-state index in [0.717, 1.165) is 0 Å². The average Bonchev–Trinajstić information content (AvgIpc) is 2.40. The Morgan fingerprint density at radius 3 is 1.55 bits per heavy atom. The zero-order valence-corrected chi connectivity index (χ0v) is 11.6. The molecule has 0 fully saturated rings. The summed E-state index contributed by atoms with van der Waals surface area (Å²) in [5.74, 6) is 0.393. The molecule has 0 heterocycles. The third-order valence-electron chi connectivity index (χ3n) is 2.14. The van der Waals surface area contributed by atoms with Crippen molar-refractivity contribution in [1.82, 2.24) is 0 Å². The first-order valence-corrected chi connectivity index (χ1v) is 6.21. The van der Waals surface area contributed by atoms with Crippen molar-refractivity contribution in [2.75, 3.05) is 26.4 Å². The monoisotopic (exact) mass is 282 g/mol. The second-order valence-electron chi connectivity index (χ2n) is 3.82. The number of benzene rings is 1. The number of ether oxygens (including phenoxy) is 4. The summed E-state index contributed by atoms with van der Waals surface area (Å²) >= 11 is 0. The molecule has 0 bridgehead atoms. The van der Waals surface area contributed by atoms with Gasteiger partial charge in [0.05, 0.1) is 0 Å². The number of rotatable bonds is 8. The molecule has 0 spiro atoms. The Balaban J connectivity index is 2.38. The molecule has 0 aliphatic carbocycles. The zero-order valence-electron chi connectivity index (χ0n) is 11.6. The molecule has 6 nitrogen and oxygen atoms in total. The fourth-order valence-corrected chi connectivity index (χ4v) is 1.36. The van der Waals surface area contributed by atoms with Crippen LogP contribution in [0.1, 0.15) is 13.8 Å². The van der Waals surface area contributed by atoms with E-state index in [0.29, 0.717) is 11.5 Å². The van der Waals surface area contributed by atoms with Crippen LogP contribution in [0.3, 0.4) is 0 Å². The van der Waals surface area contributed by atoms with E-state index in [2.05, 4.69) is 0 Å². The van der Waals surface area contributed by atoms with E-state index >= 15 is 0 Å². The van der Waals surface area contributed by atoms with Gasteiger partial charge < -0.3 is 18.9 Å². The molecule has 20 heavy (non-hydrogen) atoms. The third-order valence-corrected chi connectivity index (χ3v) is 2.14. The summed E-state index contributed by atoms with van der Waals surface area (Å²) in [6, 6.07) is 7.10. The van der Waals surface area contributed by atoms with Crippen LogP contribution in [0.4, 0.5) is 0 Å². The molecule has 0 radical (unpaired) electrons. The van der Waals surface area contributed by atoms with Crippen LogP contribution >= 0.6 is 0 Å². The van der Waals surface area contributed by atoms with Crippen molar-refractivity contribution < 1.29 is 28.5 Å². The SMILES string of the molecule is CC(=O)OCCOc1ccccc1OCCOC(C)=O. The Hall–Kier alpha value is -2.24. The number of hydrogen-bond acceptors (Lipinski definition) is 6. The molecule has 0 saturated carbocycles. The van der Waals surface area contributed by atoms with E-state index in [9.17, 15) is 9.59 Å². The first kappa shape index (κ1) is 15.8. The van der Waals surface area contributed by atoms with Crippen LogP contribution < -0.4 is 9.47 Å². The molecule has 0 aliphatic rings. The van der Waals surface area contributed by atoms with Crippen molar-refractivity contribution in [2.45, 2.75) is 13.8 Å². The minimum Gasteiger partial charge on any atom is -0.486 e. The summed E-state index contributed by atoms with van der Waals surface area (Å²) in [4.78, 5) is 21.2. The fourth-order valence-electron chi connectivity index (χ4n) is 1.36. The van der Waals surface area contributed by atoms with Gasteiger partial charge in [-0.2, -0.15) is 0 Å². The fraction of sp³-hybridized carbons (Fsp3) is 0.429. The Morgan fingerprint density at radius 2 is 1.20 bits per heavy atom. The van der Waals surface area contributed by atoms with Gasteiger partial charge in [0, 0.05) is 13.8 Å². The van der Waals surface area contributed by atoms with Gasteiger partial charge in [0.25, 0.3) is 0 Å². The highest BCUT2D eigenvalue weighted by molar-refractivity contribution is 5.66. The maximum Gasteiger partial charge on any atom is 0.302 e. The topological polar surface area (TPSA) is 71.1 Å². The Labute approximate surface area is 117 Å². The van der Waals surface area contributed by atoms with Gasteiger partial charge in [-0.25, -0.2) is 0 Å². The molecule has 0 amide bonds. The quantitative estimate of drug-likeness (QED) is 0.532. The second-order valence-corrected chi connectivity index (χ2v) is 3.82. The summed E-state index contributed by atoms with van der Waals surface area (Å²) in [5.41, 5.74) is 0. The summed E-state index contributed by atoms with van der Waals surface area (Å²) in [7, 11) is 0. The van der Waals surface area contributed by atoms with Crippen molar-refractivity contribution in [3.63, 3.8) is 0 Å². The molecule has 1 rings (SSSR count). The molecule has 0 N–H and O–H groups in total. The maximum atomic E-state index is 10.6. The molecule has 110 valence electrons. The number of hydrogen-bond donors (Lipinski definition) is 0. The summed E-state index contributed by atoms with van der Waals surface area (Å²) in [6.07, 6.45) is 0. The summed E-state index contributed by atoms with van der Waals surface area (Å²) < 4.78 is 20.4. The number of para-hydroxylation sites is 2. The zero-order chi connectivity index (χ0) is 14.8. The average molecular weight is 282 g/mol. The van der Waals surface area contributed by atoms with Gasteiger partial charge >= 0.3 is 11.9 Å². The van der Waals surface area contributed by atoms with Gasteiger partial charge in [0.15, 0.2) is 11.5 Å². The first-order chi connectivity index (χ1) is 9.59. The first-order valence-electron chi connectivity index (χ1n) is 6.21. The van der Waals surface area contributed by atoms with Crippen molar-refractivity contribution >= 4 is 11.9 Å². The number of esters is 2. The molecular formula is C14H18O6. The van der Waals surface area contributed by atoms with Crippen molar-refractivity contribution in [3.8, 4) is 11.5 Å². The molecular weight excluding hydrogens is 264 g/mol. The Morgan fingerprint density at radius 1 is 0.800 bits per heavy atom. The van der Waals surface area contributed by atoms with Crippen molar-refractivity contribution in [3.05, 3.63) is 24.3 Å². The predicted octanol–water partition coefficient (Wildman–Crippen LogP) is 1.57. The van der Waals surface area contributed by atoms with Gasteiger partial charge in [0.1, 0.15) is 26.4 Å². The van der Waals surface area contributed by atoms with E-state index < -0.39 is 0 Å². The minimum absolute atomic E-state index is 0.178. The van der Waals surface area contributed by atoms with E-state index in [-0.39, 0.29) is 38.4 Å². The van der Waals surface area contributed by atoms with Crippen LogP contribution in [0.25, 0.3) is 0 Å². The summed E-state index contributed by atoms with van der Waals surface area (Å²) in [5, 5.41) is 0. The van der Waals surface area contributed by atoms with Crippen LogP contribution in [0.5, 0.6) is 11.5 Å². The molecule has 6 heteroatoms. The van der Waals surface area contributed by atoms with Crippen molar-refractivity contribution in [2.24, 2.45) is 0 Å². The lowest BCUT2D eigenvalue weighted by Crippen LogP contribution is -2.12. The minimum atomic E-state index is -0.348. The third kappa shape index (κ3) is 6.63. The van der Waals surface area contributed by atoms with Crippen molar-refractivity contribution in [1.29, 1.82) is 0 Å². The van der Waals surface area contributed by atoms with Gasteiger partial charge in [-0.1, -0.05) is 12.1 Å². The second kappa shape index (κ2) is 8.79. The van der Waals surface area contributed by atoms with Crippen LogP contribution in [0.15, 0.2) is 24.3 Å². The standard InChI is InChI=1S/C14H18O6/c1-11(15)17-7-9-19-13-5-3-4-6-14(13)20-10-8-18-12(2)16/h3-6H,7-10H2,1-2H3. The van der Waals surface area contributed by atoms with Crippen LogP contribution in [-0.4, -0.2) is 38.4 Å². The van der Waals surface area contributed by atoms with Crippen LogP contribution in [0, 0.1) is 0 Å². The van der Waals surface area contributed by atoms with Crippen LogP contribution in [0.2, 0.25) is 0 Å². The molecule has 0 saturated heterocycles. The lowest BCUT2D eigenvalue weighted by molar-refractivity contribution is -0.142. The lowest BCUT2D eigenvalue weighted by atomic mass is 10.3. The van der Waals surface area contributed by atoms with Gasteiger partial charge in [0.2, 0.25) is 0 Å². The molecule has 0 unspecified atom stereocenters. The van der Waals surface area contributed by atoms with E-state index in [1.165, 1.54) is 13.8 Å². The highest BCUT2D eigenvalue weighted by atomic mass is 16.6. The molecule has 0 aromatic heterocycles. The predicted molar refractivity (Wildman–Crippen MR) is 70.7 cm³/mol. The van der Waals surface area contributed by atoms with Gasteiger partial charge in [-0.15, -0.1) is 0 Å². The number of carbonyl (C=O) groups excluding carboxylic acids is 2. The summed E-state index contributed by atoms with van der Waals surface area (Å²) in [6.45, 7) is 3.51. The van der Waals surface area contributed by atoms with Gasteiger partial charge in [-0.05, 0) is 12.1 Å². The van der Waals surface area contributed by atoms with Gasteiger partial charge in [-0.3, -0.25) is 9.59 Å². The highest BCUT2D eigenvalue weighted by Crippen LogP contribution is 2.26. The molecule has 1 aromatic rings. The maximum absolute atomic E-state index is 10.6. The Bertz CT molecular complexity index is 402. The molecule has 0 atom stereocenters. The smallest absolute Gasteiger partial charge is 0.302 e. The Kier molecular flexibility index (Phi) is 6.95. The highest BCUT2D eigenvalue weighted by Gasteiger charge is 2.05. The van der Waals surface area contributed by atoms with Crippen LogP contribution in [-0.2, 0) is 19.1 Å². The molecule has 1 aromatic carbocycles. The molecule has 0 aliphatic heterocycles. The number of carbonyl (C=O) groups is 2. The van der Waals surface area contributed by atoms with E-state index in [1.54, 1.807) is 24.3 Å². The normalized spacial score (nSPS) is 9.70. The lowest BCUT2D eigenvalue weighted by Gasteiger charge is -2.12. The van der Waals surface area contributed by atoms with E-state index in [1.807, 2.05) is 0 Å². The van der Waals surface area contributed by atoms with E-state index in [4.69, 9.17) is 18.9 Å².